The van der Waals surface area contributed by atoms with E-state index in [1.165, 1.54) is 6.42 Å². The number of hydrogen-bond acceptors (Lipinski definition) is 4. The highest BCUT2D eigenvalue weighted by Crippen LogP contribution is 2.16. The molecule has 1 aromatic heterocycles. The largest absolute Gasteiger partial charge is 0.396 e. The number of pyridine rings is 1. The van der Waals surface area contributed by atoms with Gasteiger partial charge in [0, 0.05) is 25.7 Å². The van der Waals surface area contributed by atoms with Crippen molar-refractivity contribution in [1.29, 1.82) is 0 Å². The number of aliphatic hydroxyl groups is 1. The molecule has 4 nitrogen and oxygen atoms in total. The van der Waals surface area contributed by atoms with E-state index >= 15 is 0 Å². The van der Waals surface area contributed by atoms with Gasteiger partial charge in [-0.2, -0.15) is 0 Å². The van der Waals surface area contributed by atoms with E-state index in [-0.39, 0.29) is 6.61 Å². The number of aliphatic hydroxyl groups excluding tert-OH is 1. The molecule has 1 unspecified atom stereocenters. The molecule has 1 aromatic rings. The van der Waals surface area contributed by atoms with E-state index in [2.05, 4.69) is 15.2 Å². The van der Waals surface area contributed by atoms with Crippen LogP contribution in [0.4, 0.5) is 5.82 Å². The van der Waals surface area contributed by atoms with E-state index in [1.54, 1.807) is 0 Å². The summed E-state index contributed by atoms with van der Waals surface area (Å²) in [5, 5.41) is 12.3. The molecule has 2 rings (SSSR count). The maximum absolute atomic E-state index is 8.80. The van der Waals surface area contributed by atoms with Crippen molar-refractivity contribution in [2.24, 2.45) is 0 Å². The number of anilines is 1. The molecule has 5 heteroatoms. The second kappa shape index (κ2) is 7.51. The van der Waals surface area contributed by atoms with Crippen LogP contribution in [-0.4, -0.2) is 50.2 Å². The Morgan fingerprint density at radius 1 is 1.37 bits per heavy atom. The molecule has 1 fully saturated rings. The van der Waals surface area contributed by atoms with E-state index in [9.17, 15) is 0 Å². The first-order valence-electron chi connectivity index (χ1n) is 7.11. The Labute approximate surface area is 116 Å². The van der Waals surface area contributed by atoms with Crippen molar-refractivity contribution >= 4 is 19.3 Å². The third kappa shape index (κ3) is 4.51. The summed E-state index contributed by atoms with van der Waals surface area (Å²) in [6, 6.07) is 6.35. The first-order valence-corrected chi connectivity index (χ1v) is 7.11. The molecule has 2 radical (unpaired) electrons. The van der Waals surface area contributed by atoms with E-state index in [4.69, 9.17) is 13.0 Å². The Hall–Kier alpha value is -1.07. The quantitative estimate of drug-likeness (QED) is 0.586. The van der Waals surface area contributed by atoms with Gasteiger partial charge in [0.25, 0.3) is 0 Å². The zero-order chi connectivity index (χ0) is 13.5. The van der Waals surface area contributed by atoms with Gasteiger partial charge in [0.1, 0.15) is 13.7 Å². The van der Waals surface area contributed by atoms with E-state index < -0.39 is 0 Å². The van der Waals surface area contributed by atoms with Gasteiger partial charge in [-0.05, 0) is 43.9 Å². The van der Waals surface area contributed by atoms with Crippen molar-refractivity contribution < 1.29 is 5.11 Å². The zero-order valence-corrected chi connectivity index (χ0v) is 11.4. The first kappa shape index (κ1) is 14.3. The first-order chi connectivity index (χ1) is 9.29. The number of aromatic nitrogens is 1. The lowest BCUT2D eigenvalue weighted by atomic mass is 10.0. The van der Waals surface area contributed by atoms with Gasteiger partial charge >= 0.3 is 0 Å². The Kier molecular flexibility index (Phi) is 5.67. The van der Waals surface area contributed by atoms with Crippen molar-refractivity contribution in [3.63, 3.8) is 0 Å². The molecule has 2 heterocycles. The lowest BCUT2D eigenvalue weighted by molar-refractivity contribution is 0.282. The highest BCUT2D eigenvalue weighted by molar-refractivity contribution is 6.30. The van der Waals surface area contributed by atoms with Gasteiger partial charge in [-0.1, -0.05) is 12.1 Å². The third-order valence-corrected chi connectivity index (χ3v) is 3.58. The minimum Gasteiger partial charge on any atom is -0.396 e. The third-order valence-electron chi connectivity index (χ3n) is 3.58. The highest BCUT2D eigenvalue weighted by Gasteiger charge is 2.17. The topological polar surface area (TPSA) is 48.4 Å². The summed E-state index contributed by atoms with van der Waals surface area (Å²) in [6.45, 7) is 3.21. The van der Waals surface area contributed by atoms with Gasteiger partial charge in [-0.3, -0.25) is 0 Å². The standard InChI is InChI=1S/C14H22BN3O/c15-13-5-1-6-14(17-13)18-9-2-4-12(7-10-18)16-8-3-11-19/h1,5-6,12,16,19H,2-4,7-11H2. The molecular formula is C14H22BN3O. The van der Waals surface area contributed by atoms with Gasteiger partial charge in [0.2, 0.25) is 0 Å². The fraction of sp³-hybridized carbons (Fsp3) is 0.643. The lowest BCUT2D eigenvalue weighted by Gasteiger charge is -2.22. The molecule has 1 aliphatic heterocycles. The summed E-state index contributed by atoms with van der Waals surface area (Å²) >= 11 is 0. The predicted molar refractivity (Wildman–Crippen MR) is 79.2 cm³/mol. The summed E-state index contributed by atoms with van der Waals surface area (Å²) in [7, 11) is 5.74. The van der Waals surface area contributed by atoms with Crippen LogP contribution in [0.1, 0.15) is 25.7 Å². The van der Waals surface area contributed by atoms with E-state index in [0.717, 1.165) is 44.7 Å². The Bertz CT molecular complexity index is 389. The predicted octanol–water partition coefficient (Wildman–Crippen LogP) is 0.206. The maximum Gasteiger partial charge on any atom is 0.141 e. The van der Waals surface area contributed by atoms with Crippen LogP contribution in [0.3, 0.4) is 0 Å². The Balaban J connectivity index is 1.86. The van der Waals surface area contributed by atoms with Crippen LogP contribution in [0.25, 0.3) is 0 Å². The fourth-order valence-electron chi connectivity index (χ4n) is 2.53. The van der Waals surface area contributed by atoms with Crippen LogP contribution in [-0.2, 0) is 0 Å². The Morgan fingerprint density at radius 3 is 3.05 bits per heavy atom. The van der Waals surface area contributed by atoms with Crippen molar-refractivity contribution in [3.8, 4) is 0 Å². The molecule has 0 spiro atoms. The van der Waals surface area contributed by atoms with Crippen LogP contribution in [0, 0.1) is 0 Å². The van der Waals surface area contributed by atoms with E-state index in [1.807, 2.05) is 18.2 Å². The highest BCUT2D eigenvalue weighted by atomic mass is 16.3. The molecule has 0 aromatic carbocycles. The second-order valence-electron chi connectivity index (χ2n) is 5.07. The molecule has 1 aliphatic rings. The van der Waals surface area contributed by atoms with Crippen LogP contribution >= 0.6 is 0 Å². The molecule has 0 bridgehead atoms. The van der Waals surface area contributed by atoms with Crippen LogP contribution in [0.15, 0.2) is 18.2 Å². The van der Waals surface area contributed by atoms with Gasteiger partial charge in [0.15, 0.2) is 0 Å². The summed E-state index contributed by atoms with van der Waals surface area (Å²) in [5.41, 5.74) is 0.583. The maximum atomic E-state index is 8.80. The molecule has 2 N–H and O–H groups in total. The van der Waals surface area contributed by atoms with Crippen molar-refractivity contribution in [3.05, 3.63) is 18.2 Å². The summed E-state index contributed by atoms with van der Waals surface area (Å²) in [5.74, 6) is 0.982. The summed E-state index contributed by atoms with van der Waals surface area (Å²) in [4.78, 5) is 6.70. The van der Waals surface area contributed by atoms with Crippen molar-refractivity contribution in [2.75, 3.05) is 31.1 Å². The average Bonchev–Trinajstić information content (AvgIpc) is 2.65. The molecule has 0 amide bonds. The van der Waals surface area contributed by atoms with Gasteiger partial charge in [-0.25, -0.2) is 4.98 Å². The second-order valence-corrected chi connectivity index (χ2v) is 5.07. The summed E-state index contributed by atoms with van der Waals surface area (Å²) < 4.78 is 0. The minimum atomic E-state index is 0.263. The smallest absolute Gasteiger partial charge is 0.141 e. The normalized spacial score (nSPS) is 20.3. The number of hydrogen-bond donors (Lipinski definition) is 2. The molecule has 1 saturated heterocycles. The van der Waals surface area contributed by atoms with Crippen molar-refractivity contribution in [2.45, 2.75) is 31.7 Å². The van der Waals surface area contributed by atoms with E-state index in [0.29, 0.717) is 11.6 Å². The minimum absolute atomic E-state index is 0.263. The SMILES string of the molecule is [B]c1cccc(N2CCCC(NCCCO)CC2)n1. The molecule has 0 aliphatic carbocycles. The lowest BCUT2D eigenvalue weighted by Crippen LogP contribution is -2.32. The summed E-state index contributed by atoms with van der Waals surface area (Å²) in [6.07, 6.45) is 4.29. The number of nitrogens with one attached hydrogen (secondary N) is 1. The fourth-order valence-corrected chi connectivity index (χ4v) is 2.53. The van der Waals surface area contributed by atoms with Crippen LogP contribution < -0.4 is 15.8 Å². The van der Waals surface area contributed by atoms with Crippen LogP contribution in [0.2, 0.25) is 0 Å². The van der Waals surface area contributed by atoms with Gasteiger partial charge in [0.05, 0.1) is 0 Å². The zero-order valence-electron chi connectivity index (χ0n) is 11.4. The molecule has 0 saturated carbocycles. The number of nitrogens with zero attached hydrogens (tertiary/aromatic N) is 2. The molecule has 1 atom stereocenters. The molecular weight excluding hydrogens is 237 g/mol. The number of rotatable bonds is 5. The van der Waals surface area contributed by atoms with Gasteiger partial charge < -0.3 is 15.3 Å². The van der Waals surface area contributed by atoms with Crippen molar-refractivity contribution in [1.82, 2.24) is 10.3 Å². The van der Waals surface area contributed by atoms with Gasteiger partial charge in [-0.15, -0.1) is 0 Å². The average molecular weight is 259 g/mol. The Morgan fingerprint density at radius 2 is 2.26 bits per heavy atom. The van der Waals surface area contributed by atoms with Crippen LogP contribution in [0.5, 0.6) is 0 Å². The monoisotopic (exact) mass is 259 g/mol. The molecule has 102 valence electrons. The molecule has 19 heavy (non-hydrogen) atoms.